The molecule has 1 aromatic carbocycles. The molecule has 0 aliphatic rings. The maximum absolute atomic E-state index is 11.8. The lowest BCUT2D eigenvalue weighted by Crippen LogP contribution is -2.36. The van der Waals surface area contributed by atoms with E-state index in [9.17, 15) is 9.59 Å². The van der Waals surface area contributed by atoms with E-state index in [-0.39, 0.29) is 11.8 Å². The molecular weight excluding hydrogens is 280 g/mol. The summed E-state index contributed by atoms with van der Waals surface area (Å²) >= 11 is 0. The minimum atomic E-state index is -0.514. The number of carbonyl (C=O) groups is 2. The molecule has 0 saturated heterocycles. The highest BCUT2D eigenvalue weighted by Crippen LogP contribution is 2.07. The van der Waals surface area contributed by atoms with Crippen LogP contribution < -0.4 is 10.6 Å². The molecule has 122 valence electrons. The van der Waals surface area contributed by atoms with E-state index in [1.165, 1.54) is 0 Å². The zero-order chi connectivity index (χ0) is 16.6. The molecule has 22 heavy (non-hydrogen) atoms. The van der Waals surface area contributed by atoms with Gasteiger partial charge in [0.15, 0.2) is 0 Å². The molecule has 0 aromatic heterocycles. The van der Waals surface area contributed by atoms with E-state index < -0.39 is 11.7 Å². The number of rotatable bonds is 6. The Bertz CT molecular complexity index is 480. The monoisotopic (exact) mass is 306 g/mol. The van der Waals surface area contributed by atoms with Crippen molar-refractivity contribution >= 4 is 12.0 Å². The van der Waals surface area contributed by atoms with E-state index >= 15 is 0 Å². The summed E-state index contributed by atoms with van der Waals surface area (Å²) in [6.07, 6.45) is -0.0909. The van der Waals surface area contributed by atoms with Crippen LogP contribution >= 0.6 is 0 Å². The van der Waals surface area contributed by atoms with Crippen LogP contribution in [-0.2, 0) is 16.1 Å². The van der Waals surface area contributed by atoms with Crippen LogP contribution in [0.2, 0.25) is 0 Å². The van der Waals surface area contributed by atoms with Gasteiger partial charge in [0, 0.05) is 19.5 Å². The van der Waals surface area contributed by atoms with E-state index in [0.29, 0.717) is 19.5 Å². The molecule has 5 heteroatoms. The fraction of sp³-hybridized carbons (Fsp3) is 0.529. The lowest BCUT2D eigenvalue weighted by atomic mass is 10.1. The van der Waals surface area contributed by atoms with Gasteiger partial charge < -0.3 is 15.4 Å². The van der Waals surface area contributed by atoms with Crippen LogP contribution in [0.5, 0.6) is 0 Å². The normalized spacial score (nSPS) is 12.4. The molecule has 2 amide bonds. The first-order chi connectivity index (χ1) is 10.3. The molecule has 0 unspecified atom stereocenters. The number of benzene rings is 1. The van der Waals surface area contributed by atoms with E-state index in [1.54, 1.807) is 0 Å². The van der Waals surface area contributed by atoms with Gasteiger partial charge in [-0.05, 0) is 32.3 Å². The number of carbonyl (C=O) groups excluding carboxylic acids is 2. The van der Waals surface area contributed by atoms with Crippen LogP contribution in [0, 0.1) is 5.92 Å². The van der Waals surface area contributed by atoms with Crippen molar-refractivity contribution in [3.8, 4) is 0 Å². The van der Waals surface area contributed by atoms with Gasteiger partial charge in [-0.3, -0.25) is 4.79 Å². The quantitative estimate of drug-likeness (QED) is 0.849. The van der Waals surface area contributed by atoms with Crippen molar-refractivity contribution in [2.75, 3.05) is 6.54 Å². The Balaban J connectivity index is 2.22. The molecule has 0 heterocycles. The van der Waals surface area contributed by atoms with E-state index in [1.807, 2.05) is 58.0 Å². The highest BCUT2D eigenvalue weighted by Gasteiger charge is 2.17. The Kier molecular flexibility index (Phi) is 6.89. The third-order valence-corrected chi connectivity index (χ3v) is 2.86. The molecular formula is C17H26N2O3. The lowest BCUT2D eigenvalue weighted by Gasteiger charge is -2.20. The maximum atomic E-state index is 11.8. The lowest BCUT2D eigenvalue weighted by molar-refractivity contribution is -0.122. The molecule has 1 rings (SSSR count). The second-order valence-corrected chi connectivity index (χ2v) is 6.45. The van der Waals surface area contributed by atoms with Crippen molar-refractivity contribution in [1.29, 1.82) is 0 Å². The topological polar surface area (TPSA) is 67.4 Å². The summed E-state index contributed by atoms with van der Waals surface area (Å²) in [7, 11) is 0. The van der Waals surface area contributed by atoms with Crippen molar-refractivity contribution in [3.63, 3.8) is 0 Å². The number of alkyl carbamates (subject to hydrolysis) is 1. The molecule has 0 spiro atoms. The zero-order valence-electron chi connectivity index (χ0n) is 13.8. The zero-order valence-corrected chi connectivity index (χ0v) is 13.8. The van der Waals surface area contributed by atoms with Crippen molar-refractivity contribution in [2.45, 2.75) is 46.3 Å². The van der Waals surface area contributed by atoms with Crippen molar-refractivity contribution in [1.82, 2.24) is 10.6 Å². The minimum Gasteiger partial charge on any atom is -0.444 e. The molecule has 0 fully saturated rings. The number of nitrogens with one attached hydrogen (secondary N) is 2. The highest BCUT2D eigenvalue weighted by atomic mass is 16.6. The second kappa shape index (κ2) is 8.41. The van der Waals surface area contributed by atoms with Gasteiger partial charge in [-0.1, -0.05) is 37.3 Å². The molecule has 1 atom stereocenters. The predicted octanol–water partition coefficient (Wildman–Crippen LogP) is 2.85. The Hall–Kier alpha value is -2.04. The van der Waals surface area contributed by atoms with Gasteiger partial charge in [-0.2, -0.15) is 0 Å². The Labute approximate surface area is 132 Å². The van der Waals surface area contributed by atoms with Crippen LogP contribution in [0.3, 0.4) is 0 Å². The molecule has 0 bridgehead atoms. The first kappa shape index (κ1) is 18.0. The molecule has 0 radical (unpaired) electrons. The molecule has 2 N–H and O–H groups in total. The Morgan fingerprint density at radius 3 is 2.36 bits per heavy atom. The van der Waals surface area contributed by atoms with Gasteiger partial charge in [0.1, 0.15) is 5.60 Å². The van der Waals surface area contributed by atoms with Gasteiger partial charge in [0.2, 0.25) is 5.91 Å². The average Bonchev–Trinajstić information content (AvgIpc) is 2.42. The van der Waals surface area contributed by atoms with E-state index in [0.717, 1.165) is 5.56 Å². The third-order valence-electron chi connectivity index (χ3n) is 2.86. The molecule has 0 aliphatic heterocycles. The van der Waals surface area contributed by atoms with Crippen LogP contribution in [0.1, 0.15) is 39.7 Å². The smallest absolute Gasteiger partial charge is 0.407 e. The van der Waals surface area contributed by atoms with Gasteiger partial charge in [0.05, 0.1) is 0 Å². The summed E-state index contributed by atoms with van der Waals surface area (Å²) < 4.78 is 5.15. The van der Waals surface area contributed by atoms with Crippen LogP contribution in [0.25, 0.3) is 0 Å². The summed E-state index contributed by atoms with van der Waals surface area (Å²) in [6, 6.07) is 9.75. The van der Waals surface area contributed by atoms with Crippen LogP contribution in [0.4, 0.5) is 4.79 Å². The minimum absolute atomic E-state index is 0.0256. The number of hydrogen-bond acceptors (Lipinski definition) is 3. The second-order valence-electron chi connectivity index (χ2n) is 6.45. The average molecular weight is 306 g/mol. The van der Waals surface area contributed by atoms with Gasteiger partial charge >= 0.3 is 6.09 Å². The predicted molar refractivity (Wildman–Crippen MR) is 86.3 cm³/mol. The van der Waals surface area contributed by atoms with Crippen molar-refractivity contribution in [2.24, 2.45) is 5.92 Å². The fourth-order valence-corrected chi connectivity index (χ4v) is 1.83. The van der Waals surface area contributed by atoms with Crippen molar-refractivity contribution < 1.29 is 14.3 Å². The Morgan fingerprint density at radius 1 is 1.14 bits per heavy atom. The largest absolute Gasteiger partial charge is 0.444 e. The SMILES string of the molecule is C[C@H](CNC(=O)OC(C)(C)C)CC(=O)NCc1ccccc1. The summed E-state index contributed by atoms with van der Waals surface area (Å²) in [5, 5.41) is 5.55. The number of hydrogen-bond donors (Lipinski definition) is 2. The molecule has 1 aromatic rings. The molecule has 0 aliphatic carbocycles. The maximum Gasteiger partial charge on any atom is 0.407 e. The van der Waals surface area contributed by atoms with Crippen molar-refractivity contribution in [3.05, 3.63) is 35.9 Å². The standard InChI is InChI=1S/C17H26N2O3/c1-13(11-19-16(21)22-17(2,3)4)10-15(20)18-12-14-8-6-5-7-9-14/h5-9,13H,10-12H2,1-4H3,(H,18,20)(H,19,21)/t13-/m0/s1. The van der Waals surface area contributed by atoms with Crippen LogP contribution in [-0.4, -0.2) is 24.1 Å². The van der Waals surface area contributed by atoms with Crippen LogP contribution in [0.15, 0.2) is 30.3 Å². The summed E-state index contributed by atoms with van der Waals surface area (Å²) in [4.78, 5) is 23.4. The Morgan fingerprint density at radius 2 is 1.77 bits per heavy atom. The summed E-state index contributed by atoms with van der Waals surface area (Å²) in [5.74, 6) is 0.0191. The number of ether oxygens (including phenoxy) is 1. The van der Waals surface area contributed by atoms with Gasteiger partial charge in [-0.25, -0.2) is 4.79 Å². The number of amides is 2. The van der Waals surface area contributed by atoms with E-state index in [2.05, 4.69) is 10.6 Å². The fourth-order valence-electron chi connectivity index (χ4n) is 1.83. The van der Waals surface area contributed by atoms with E-state index in [4.69, 9.17) is 4.74 Å². The first-order valence-electron chi connectivity index (χ1n) is 7.54. The molecule has 5 nitrogen and oxygen atoms in total. The third kappa shape index (κ3) is 8.29. The summed E-state index contributed by atoms with van der Waals surface area (Å²) in [6.45, 7) is 8.28. The molecule has 0 saturated carbocycles. The van der Waals surface area contributed by atoms with Gasteiger partial charge in [-0.15, -0.1) is 0 Å². The first-order valence-corrected chi connectivity index (χ1v) is 7.54. The highest BCUT2D eigenvalue weighted by molar-refractivity contribution is 5.76. The summed E-state index contributed by atoms with van der Waals surface area (Å²) in [5.41, 5.74) is 0.552. The van der Waals surface area contributed by atoms with Gasteiger partial charge in [0.25, 0.3) is 0 Å².